The number of nitrogens with zero attached hydrogens (tertiary/aromatic N) is 1. The number of rotatable bonds is 4. The summed E-state index contributed by atoms with van der Waals surface area (Å²) in [7, 11) is 1.53. The molecule has 27 heavy (non-hydrogen) atoms. The Morgan fingerprint density at radius 3 is 2.52 bits per heavy atom. The van der Waals surface area contributed by atoms with Crippen molar-refractivity contribution in [3.63, 3.8) is 0 Å². The smallest absolute Gasteiger partial charge is 0.255 e. The first-order valence-corrected chi connectivity index (χ1v) is 9.40. The molecule has 0 atom stereocenters. The van der Waals surface area contributed by atoms with E-state index >= 15 is 0 Å². The molecule has 0 saturated carbocycles. The molecule has 0 unspecified atom stereocenters. The number of amides is 2. The van der Waals surface area contributed by atoms with Gasteiger partial charge in [0.2, 0.25) is 0 Å². The molecule has 0 radical (unpaired) electrons. The van der Waals surface area contributed by atoms with Crippen LogP contribution in [0.5, 0.6) is 5.75 Å². The third-order valence-corrected chi connectivity index (χ3v) is 5.09. The van der Waals surface area contributed by atoms with Gasteiger partial charge in [-0.15, -0.1) is 0 Å². The molecule has 0 aromatic heterocycles. The molecule has 0 spiro atoms. The number of carbonyl (C=O) groups is 2. The van der Waals surface area contributed by atoms with E-state index in [1.54, 1.807) is 42.5 Å². The summed E-state index contributed by atoms with van der Waals surface area (Å²) < 4.78 is 5.25. The first kappa shape index (κ1) is 19.2. The molecule has 6 heteroatoms. The van der Waals surface area contributed by atoms with Gasteiger partial charge >= 0.3 is 0 Å². The van der Waals surface area contributed by atoms with Crippen molar-refractivity contribution in [3.05, 3.63) is 58.6 Å². The fourth-order valence-corrected chi connectivity index (χ4v) is 3.33. The monoisotopic (exact) mass is 386 g/mol. The van der Waals surface area contributed by atoms with E-state index in [1.807, 2.05) is 4.90 Å². The average molecular weight is 387 g/mol. The molecule has 1 aliphatic rings. The predicted octanol–water partition coefficient (Wildman–Crippen LogP) is 4.47. The summed E-state index contributed by atoms with van der Waals surface area (Å²) in [6.07, 6.45) is 2.03. The molecule has 2 amide bonds. The van der Waals surface area contributed by atoms with Crippen molar-refractivity contribution < 1.29 is 14.3 Å². The van der Waals surface area contributed by atoms with Gasteiger partial charge in [0, 0.05) is 29.2 Å². The summed E-state index contributed by atoms with van der Waals surface area (Å²) in [5.74, 6) is 0.815. The van der Waals surface area contributed by atoms with Gasteiger partial charge in [0.25, 0.3) is 11.8 Å². The van der Waals surface area contributed by atoms with Crippen LogP contribution < -0.4 is 10.1 Å². The number of methoxy groups -OCH3 is 1. The van der Waals surface area contributed by atoms with Gasteiger partial charge in [-0.1, -0.05) is 24.6 Å². The topological polar surface area (TPSA) is 58.6 Å². The Labute approximate surface area is 164 Å². The molecule has 5 nitrogen and oxygen atoms in total. The normalized spacial score (nSPS) is 14.7. The van der Waals surface area contributed by atoms with Gasteiger partial charge in [-0.25, -0.2) is 0 Å². The number of anilines is 1. The van der Waals surface area contributed by atoms with Gasteiger partial charge in [0.15, 0.2) is 0 Å². The zero-order valence-corrected chi connectivity index (χ0v) is 16.3. The summed E-state index contributed by atoms with van der Waals surface area (Å²) in [5.41, 5.74) is 1.42. The van der Waals surface area contributed by atoms with Crippen LogP contribution in [0, 0.1) is 5.92 Å². The first-order valence-electron chi connectivity index (χ1n) is 9.02. The molecular weight excluding hydrogens is 364 g/mol. The second-order valence-electron chi connectivity index (χ2n) is 6.85. The molecule has 1 fully saturated rings. The molecule has 0 bridgehead atoms. The molecule has 1 saturated heterocycles. The van der Waals surface area contributed by atoms with Crippen molar-refractivity contribution in [1.82, 2.24) is 4.90 Å². The third-order valence-electron chi connectivity index (χ3n) is 4.85. The number of likely N-dealkylation sites (tertiary alicyclic amines) is 1. The number of benzene rings is 2. The maximum absolute atomic E-state index is 12.7. The van der Waals surface area contributed by atoms with Gasteiger partial charge in [-0.3, -0.25) is 9.59 Å². The summed E-state index contributed by atoms with van der Waals surface area (Å²) in [5, 5.41) is 3.29. The molecule has 1 aliphatic heterocycles. The van der Waals surface area contributed by atoms with E-state index in [-0.39, 0.29) is 11.8 Å². The number of nitrogens with one attached hydrogen (secondary N) is 1. The van der Waals surface area contributed by atoms with E-state index < -0.39 is 0 Å². The number of hydrogen-bond donors (Lipinski definition) is 1. The highest BCUT2D eigenvalue weighted by Crippen LogP contribution is 2.28. The lowest BCUT2D eigenvalue weighted by molar-refractivity contribution is 0.0697. The number of ether oxygens (including phenoxy) is 1. The Morgan fingerprint density at radius 2 is 1.81 bits per heavy atom. The van der Waals surface area contributed by atoms with E-state index in [9.17, 15) is 9.59 Å². The largest absolute Gasteiger partial charge is 0.495 e. The summed E-state index contributed by atoms with van der Waals surface area (Å²) in [6, 6.07) is 11.8. The average Bonchev–Trinajstić information content (AvgIpc) is 2.68. The van der Waals surface area contributed by atoms with E-state index in [4.69, 9.17) is 16.3 Å². The Bertz CT molecular complexity index is 845. The lowest BCUT2D eigenvalue weighted by Gasteiger charge is -2.30. The Hall–Kier alpha value is -2.53. The van der Waals surface area contributed by atoms with Crippen molar-refractivity contribution >= 4 is 29.1 Å². The van der Waals surface area contributed by atoms with Gasteiger partial charge in [-0.2, -0.15) is 0 Å². The number of hydrogen-bond acceptors (Lipinski definition) is 3. The van der Waals surface area contributed by atoms with Gasteiger partial charge in [0.1, 0.15) is 5.75 Å². The quantitative estimate of drug-likeness (QED) is 0.843. The maximum Gasteiger partial charge on any atom is 0.255 e. The van der Waals surface area contributed by atoms with Crippen LogP contribution in [0.2, 0.25) is 5.02 Å². The molecule has 2 aromatic rings. The minimum absolute atomic E-state index is 0.0307. The second kappa shape index (κ2) is 8.44. The highest BCUT2D eigenvalue weighted by atomic mass is 35.5. The standard InChI is InChI=1S/C21H23ClN2O3/c1-14-8-10-24(11-9-14)21(26)16-5-3-4-15(12-16)20(25)23-18-13-17(22)6-7-19(18)27-2/h3-7,12-14H,8-11H2,1-2H3,(H,23,25). The number of halogens is 1. The number of carbonyl (C=O) groups excluding carboxylic acids is 2. The minimum atomic E-state index is -0.322. The van der Waals surface area contributed by atoms with Crippen LogP contribution in [-0.2, 0) is 0 Å². The number of piperidine rings is 1. The van der Waals surface area contributed by atoms with Crippen LogP contribution >= 0.6 is 11.6 Å². The Balaban J connectivity index is 1.76. The SMILES string of the molecule is COc1ccc(Cl)cc1NC(=O)c1cccc(C(=O)N2CCC(C)CC2)c1. The summed E-state index contributed by atoms with van der Waals surface area (Å²) >= 11 is 6.01. The van der Waals surface area contributed by atoms with Crippen molar-refractivity contribution in [3.8, 4) is 5.75 Å². The molecule has 1 heterocycles. The van der Waals surface area contributed by atoms with Crippen LogP contribution in [0.4, 0.5) is 5.69 Å². The molecule has 3 rings (SSSR count). The molecule has 0 aliphatic carbocycles. The summed E-state index contributed by atoms with van der Waals surface area (Å²) in [4.78, 5) is 27.3. The second-order valence-corrected chi connectivity index (χ2v) is 7.29. The van der Waals surface area contributed by atoms with Crippen molar-refractivity contribution in [2.45, 2.75) is 19.8 Å². The van der Waals surface area contributed by atoms with Crippen LogP contribution in [0.15, 0.2) is 42.5 Å². The van der Waals surface area contributed by atoms with E-state index in [0.717, 1.165) is 25.9 Å². The maximum atomic E-state index is 12.7. The van der Waals surface area contributed by atoms with Crippen molar-refractivity contribution in [1.29, 1.82) is 0 Å². The molecule has 142 valence electrons. The van der Waals surface area contributed by atoms with Crippen LogP contribution in [0.1, 0.15) is 40.5 Å². The minimum Gasteiger partial charge on any atom is -0.495 e. The Kier molecular flexibility index (Phi) is 6.01. The molecule has 2 aromatic carbocycles. The fraction of sp³-hybridized carbons (Fsp3) is 0.333. The third kappa shape index (κ3) is 4.61. The first-order chi connectivity index (χ1) is 13.0. The van der Waals surface area contributed by atoms with Crippen LogP contribution in [0.3, 0.4) is 0 Å². The molecule has 1 N–H and O–H groups in total. The zero-order chi connectivity index (χ0) is 19.4. The Morgan fingerprint density at radius 1 is 1.11 bits per heavy atom. The van der Waals surface area contributed by atoms with Crippen molar-refractivity contribution in [2.75, 3.05) is 25.5 Å². The van der Waals surface area contributed by atoms with Crippen molar-refractivity contribution in [2.24, 2.45) is 5.92 Å². The fourth-order valence-electron chi connectivity index (χ4n) is 3.16. The lowest BCUT2D eigenvalue weighted by Crippen LogP contribution is -2.38. The highest BCUT2D eigenvalue weighted by molar-refractivity contribution is 6.31. The lowest BCUT2D eigenvalue weighted by atomic mass is 9.98. The van der Waals surface area contributed by atoms with E-state index in [0.29, 0.717) is 33.5 Å². The van der Waals surface area contributed by atoms with E-state index in [1.165, 1.54) is 7.11 Å². The predicted molar refractivity (Wildman–Crippen MR) is 107 cm³/mol. The van der Waals surface area contributed by atoms with Crippen LogP contribution in [0.25, 0.3) is 0 Å². The highest BCUT2D eigenvalue weighted by Gasteiger charge is 2.22. The summed E-state index contributed by atoms with van der Waals surface area (Å²) in [6.45, 7) is 3.73. The van der Waals surface area contributed by atoms with Gasteiger partial charge < -0.3 is 15.0 Å². The molecular formula is C21H23ClN2O3. The zero-order valence-electron chi connectivity index (χ0n) is 15.5. The van der Waals surface area contributed by atoms with Gasteiger partial charge in [0.05, 0.1) is 12.8 Å². The van der Waals surface area contributed by atoms with E-state index in [2.05, 4.69) is 12.2 Å². The van der Waals surface area contributed by atoms with Gasteiger partial charge in [-0.05, 0) is 55.2 Å². The van der Waals surface area contributed by atoms with Crippen LogP contribution in [-0.4, -0.2) is 36.9 Å².